The lowest BCUT2D eigenvalue weighted by Gasteiger charge is -2.32. The second-order valence-corrected chi connectivity index (χ2v) is 10.9. The number of hydrogen-bond donors (Lipinski definition) is 0. The zero-order chi connectivity index (χ0) is 27.7. The van der Waals surface area contributed by atoms with Gasteiger partial charge in [0.1, 0.15) is 11.2 Å². The molecule has 3 heterocycles. The summed E-state index contributed by atoms with van der Waals surface area (Å²) in [5.41, 5.74) is 4.98. The minimum absolute atomic E-state index is 0.0325. The van der Waals surface area contributed by atoms with E-state index in [1.807, 2.05) is 60.8 Å². The van der Waals surface area contributed by atoms with Crippen molar-refractivity contribution in [2.75, 3.05) is 11.5 Å². The Bertz CT molecular complexity index is 1480. The van der Waals surface area contributed by atoms with Gasteiger partial charge in [-0.25, -0.2) is 14.5 Å². The lowest BCUT2D eigenvalue weighted by Crippen LogP contribution is -2.43. The normalized spacial score (nSPS) is 17.5. The third kappa shape index (κ3) is 5.46. The van der Waals surface area contributed by atoms with E-state index in [-0.39, 0.29) is 24.5 Å². The van der Waals surface area contributed by atoms with Gasteiger partial charge in [0.25, 0.3) is 0 Å². The maximum atomic E-state index is 13.7. The fraction of sp³-hybridized carbons (Fsp3) is 0.419. The highest BCUT2D eigenvalue weighted by atomic mass is 16.5. The second-order valence-electron chi connectivity index (χ2n) is 10.9. The lowest BCUT2D eigenvalue weighted by atomic mass is 9.82. The number of carbonyl (C=O) groups excluding carboxylic acids is 2. The van der Waals surface area contributed by atoms with Crippen molar-refractivity contribution >= 4 is 23.3 Å². The summed E-state index contributed by atoms with van der Waals surface area (Å²) in [6.07, 6.45) is 9.55. The third-order valence-corrected chi connectivity index (χ3v) is 7.56. The van der Waals surface area contributed by atoms with E-state index in [2.05, 4.69) is 20.0 Å². The molecule has 5 rings (SSSR count). The molecule has 39 heavy (non-hydrogen) atoms. The average molecular weight is 528 g/mol. The Balaban J connectivity index is 1.48. The van der Waals surface area contributed by atoms with Gasteiger partial charge in [-0.05, 0) is 83.1 Å². The van der Waals surface area contributed by atoms with Gasteiger partial charge < -0.3 is 9.14 Å². The zero-order valence-corrected chi connectivity index (χ0v) is 23.4. The second kappa shape index (κ2) is 11.0. The Kier molecular flexibility index (Phi) is 7.55. The number of benzene rings is 1. The van der Waals surface area contributed by atoms with Crippen LogP contribution in [0.5, 0.6) is 0 Å². The number of imidazole rings is 1. The van der Waals surface area contributed by atoms with Gasteiger partial charge in [-0.15, -0.1) is 5.10 Å². The summed E-state index contributed by atoms with van der Waals surface area (Å²) in [5, 5.41) is 4.78. The predicted octanol–water partition coefficient (Wildman–Crippen LogP) is 6.24. The molecule has 1 aliphatic carbocycles. The van der Waals surface area contributed by atoms with Crippen molar-refractivity contribution in [3.63, 3.8) is 0 Å². The van der Waals surface area contributed by atoms with Crippen molar-refractivity contribution in [1.82, 2.24) is 19.2 Å². The largest absolute Gasteiger partial charge is 0.462 e. The van der Waals surface area contributed by atoms with Crippen LogP contribution in [-0.4, -0.2) is 43.7 Å². The number of ether oxygens (including phenoxy) is 1. The first kappa shape index (κ1) is 26.7. The molecule has 0 unspecified atom stereocenters. The van der Waals surface area contributed by atoms with Gasteiger partial charge in [-0.2, -0.15) is 0 Å². The fourth-order valence-corrected chi connectivity index (χ4v) is 5.36. The SMILES string of the molecule is CCOC(=O)c1cn(-c2ccc(-c3cn4cc(C)ccc4n3)cc2)nc1N(C(=O)[C@H]1CC[C@H](C)CC1)C(C)C. The highest BCUT2D eigenvalue weighted by molar-refractivity contribution is 6.02. The minimum Gasteiger partial charge on any atom is -0.462 e. The van der Waals surface area contributed by atoms with Crippen molar-refractivity contribution in [3.8, 4) is 16.9 Å². The lowest BCUT2D eigenvalue weighted by molar-refractivity contribution is -0.124. The Hall–Kier alpha value is -3.94. The molecule has 0 atom stereocenters. The van der Waals surface area contributed by atoms with Crippen LogP contribution in [0.2, 0.25) is 0 Å². The number of pyridine rings is 1. The molecule has 0 bridgehead atoms. The number of hydrogen-bond acceptors (Lipinski definition) is 5. The third-order valence-electron chi connectivity index (χ3n) is 7.56. The molecule has 1 saturated carbocycles. The van der Waals surface area contributed by atoms with E-state index in [4.69, 9.17) is 14.8 Å². The van der Waals surface area contributed by atoms with Gasteiger partial charge in [0, 0.05) is 36.1 Å². The maximum Gasteiger partial charge on any atom is 0.343 e. The molecular weight excluding hydrogens is 490 g/mol. The molecule has 1 aromatic carbocycles. The molecule has 8 heteroatoms. The van der Waals surface area contributed by atoms with E-state index in [0.717, 1.165) is 48.3 Å². The molecule has 0 radical (unpaired) electrons. The maximum absolute atomic E-state index is 13.7. The first-order valence-corrected chi connectivity index (χ1v) is 13.9. The van der Waals surface area contributed by atoms with Crippen LogP contribution in [0.15, 0.2) is 55.0 Å². The predicted molar refractivity (Wildman–Crippen MR) is 152 cm³/mol. The van der Waals surface area contributed by atoms with E-state index in [1.54, 1.807) is 22.7 Å². The van der Waals surface area contributed by atoms with Crippen molar-refractivity contribution in [1.29, 1.82) is 0 Å². The van der Waals surface area contributed by atoms with Crippen LogP contribution < -0.4 is 4.90 Å². The molecule has 1 fully saturated rings. The van der Waals surface area contributed by atoms with Crippen LogP contribution in [0.1, 0.15) is 69.3 Å². The topological polar surface area (TPSA) is 81.7 Å². The molecule has 1 aliphatic rings. The van der Waals surface area contributed by atoms with Crippen molar-refractivity contribution in [3.05, 3.63) is 66.1 Å². The molecular formula is C31H37N5O3. The van der Waals surface area contributed by atoms with Crippen LogP contribution >= 0.6 is 0 Å². The number of aromatic nitrogens is 4. The molecule has 204 valence electrons. The van der Waals surface area contributed by atoms with E-state index in [9.17, 15) is 9.59 Å². The van der Waals surface area contributed by atoms with Crippen LogP contribution in [0.3, 0.4) is 0 Å². The fourth-order valence-electron chi connectivity index (χ4n) is 5.36. The molecule has 0 spiro atoms. The monoisotopic (exact) mass is 527 g/mol. The summed E-state index contributed by atoms with van der Waals surface area (Å²) >= 11 is 0. The highest BCUT2D eigenvalue weighted by Crippen LogP contribution is 2.33. The minimum atomic E-state index is -0.480. The van der Waals surface area contributed by atoms with Crippen molar-refractivity contribution < 1.29 is 14.3 Å². The van der Waals surface area contributed by atoms with Gasteiger partial charge in [0.2, 0.25) is 5.91 Å². The summed E-state index contributed by atoms with van der Waals surface area (Å²) in [5.74, 6) is 0.490. The van der Waals surface area contributed by atoms with Crippen LogP contribution in [0.25, 0.3) is 22.6 Å². The first-order valence-electron chi connectivity index (χ1n) is 13.9. The Morgan fingerprint density at radius 2 is 1.74 bits per heavy atom. The number of fused-ring (bicyclic) bond motifs is 1. The number of carbonyl (C=O) groups is 2. The summed E-state index contributed by atoms with van der Waals surface area (Å²) in [7, 11) is 0. The van der Waals surface area contributed by atoms with Gasteiger partial charge >= 0.3 is 5.97 Å². The Morgan fingerprint density at radius 3 is 2.41 bits per heavy atom. The molecule has 0 N–H and O–H groups in total. The molecule has 8 nitrogen and oxygen atoms in total. The number of nitrogens with zero attached hydrogens (tertiary/aromatic N) is 5. The number of esters is 1. The quantitative estimate of drug-likeness (QED) is 0.266. The van der Waals surface area contributed by atoms with Crippen molar-refractivity contribution in [2.24, 2.45) is 11.8 Å². The highest BCUT2D eigenvalue weighted by Gasteiger charge is 2.34. The van der Waals surface area contributed by atoms with Crippen LogP contribution in [0.4, 0.5) is 5.82 Å². The summed E-state index contributed by atoms with van der Waals surface area (Å²) in [6.45, 7) is 10.2. The van der Waals surface area contributed by atoms with Gasteiger partial charge in [-0.3, -0.25) is 9.69 Å². The molecule has 3 aromatic heterocycles. The molecule has 1 amide bonds. The van der Waals surface area contributed by atoms with Gasteiger partial charge in [0.05, 0.1) is 18.0 Å². The van der Waals surface area contributed by atoms with Gasteiger partial charge in [-0.1, -0.05) is 25.1 Å². The summed E-state index contributed by atoms with van der Waals surface area (Å²) in [6, 6.07) is 11.8. The molecule has 0 aliphatic heterocycles. The zero-order valence-electron chi connectivity index (χ0n) is 23.4. The van der Waals surface area contributed by atoms with Crippen LogP contribution in [0, 0.1) is 18.8 Å². The molecule has 0 saturated heterocycles. The number of rotatable bonds is 7. The average Bonchev–Trinajstić information content (AvgIpc) is 3.54. The van der Waals surface area contributed by atoms with Crippen LogP contribution in [-0.2, 0) is 9.53 Å². The smallest absolute Gasteiger partial charge is 0.343 e. The standard InChI is InChI=1S/C31H37N5O3/c1-6-39-31(38)26-18-35(33-29(26)36(20(2)3)30(37)24-10-7-21(4)8-11-24)25-14-12-23(13-15-25)27-19-34-17-22(5)9-16-28(34)32-27/h9,12-21,24H,6-8,10-11H2,1-5H3/t21-,24-. The van der Waals surface area contributed by atoms with E-state index < -0.39 is 5.97 Å². The van der Waals surface area contributed by atoms with Gasteiger partial charge in [0.15, 0.2) is 5.82 Å². The number of amides is 1. The Labute approximate surface area is 229 Å². The van der Waals surface area contributed by atoms with E-state index in [0.29, 0.717) is 17.3 Å². The Morgan fingerprint density at radius 1 is 1.03 bits per heavy atom. The van der Waals surface area contributed by atoms with Crippen molar-refractivity contribution in [2.45, 2.75) is 66.3 Å². The number of anilines is 1. The molecule has 4 aromatic rings. The summed E-state index contributed by atoms with van der Waals surface area (Å²) in [4.78, 5) is 33.2. The van der Waals surface area contributed by atoms with E-state index >= 15 is 0 Å². The van der Waals surface area contributed by atoms with E-state index in [1.165, 1.54) is 5.56 Å². The summed E-state index contributed by atoms with van der Waals surface area (Å²) < 4.78 is 9.04. The number of aryl methyl sites for hydroxylation is 1. The first-order chi connectivity index (χ1) is 18.7.